The standard InChI is InChI=1S/C12H7N3O2S/c13-7-10-11(15-5-4-14-10)18-9-3-1-2-8(6-9)12(16)17/h1-6H,(H,16,17). The van der Waals surface area contributed by atoms with E-state index in [1.54, 1.807) is 12.1 Å². The summed E-state index contributed by atoms with van der Waals surface area (Å²) in [4.78, 5) is 19.5. The molecule has 1 aromatic carbocycles. The monoisotopic (exact) mass is 257 g/mol. The number of hydrogen-bond acceptors (Lipinski definition) is 5. The molecule has 1 heterocycles. The van der Waals surface area contributed by atoms with Crippen molar-refractivity contribution >= 4 is 17.7 Å². The van der Waals surface area contributed by atoms with Crippen molar-refractivity contribution in [2.45, 2.75) is 9.92 Å². The predicted octanol–water partition coefficient (Wildman–Crippen LogP) is 2.20. The van der Waals surface area contributed by atoms with Crippen molar-refractivity contribution in [3.8, 4) is 6.07 Å². The molecule has 0 aliphatic heterocycles. The molecule has 0 spiro atoms. The van der Waals surface area contributed by atoms with E-state index in [4.69, 9.17) is 10.4 Å². The fourth-order valence-corrected chi connectivity index (χ4v) is 2.15. The van der Waals surface area contributed by atoms with Crippen molar-refractivity contribution in [3.05, 3.63) is 47.9 Å². The summed E-state index contributed by atoms with van der Waals surface area (Å²) in [6.07, 6.45) is 2.93. The van der Waals surface area contributed by atoms with Crippen LogP contribution in [0.2, 0.25) is 0 Å². The molecule has 18 heavy (non-hydrogen) atoms. The fourth-order valence-electron chi connectivity index (χ4n) is 1.28. The lowest BCUT2D eigenvalue weighted by Gasteiger charge is -2.02. The minimum Gasteiger partial charge on any atom is -0.478 e. The van der Waals surface area contributed by atoms with E-state index in [2.05, 4.69) is 9.97 Å². The molecule has 0 atom stereocenters. The van der Waals surface area contributed by atoms with Gasteiger partial charge in [-0.1, -0.05) is 17.8 Å². The lowest BCUT2D eigenvalue weighted by atomic mass is 10.2. The number of hydrogen-bond donors (Lipinski definition) is 1. The summed E-state index contributed by atoms with van der Waals surface area (Å²) in [5, 5.41) is 18.2. The number of carboxylic acid groups (broad SMARTS) is 1. The maximum absolute atomic E-state index is 10.8. The summed E-state index contributed by atoms with van der Waals surface area (Å²) in [6.45, 7) is 0. The summed E-state index contributed by atoms with van der Waals surface area (Å²) >= 11 is 1.21. The molecule has 2 rings (SSSR count). The molecular weight excluding hydrogens is 250 g/mol. The largest absolute Gasteiger partial charge is 0.478 e. The summed E-state index contributed by atoms with van der Waals surface area (Å²) in [7, 11) is 0. The van der Waals surface area contributed by atoms with Crippen LogP contribution in [-0.2, 0) is 0 Å². The van der Waals surface area contributed by atoms with Crippen molar-refractivity contribution in [3.63, 3.8) is 0 Å². The van der Waals surface area contributed by atoms with E-state index in [0.717, 1.165) is 0 Å². The Hall–Kier alpha value is -2.39. The van der Waals surface area contributed by atoms with Gasteiger partial charge < -0.3 is 5.11 Å². The highest BCUT2D eigenvalue weighted by molar-refractivity contribution is 7.99. The number of carboxylic acids is 1. The zero-order valence-corrected chi connectivity index (χ0v) is 9.89. The van der Waals surface area contributed by atoms with Crippen LogP contribution in [-0.4, -0.2) is 21.0 Å². The van der Waals surface area contributed by atoms with Gasteiger partial charge in [0.1, 0.15) is 11.1 Å². The van der Waals surface area contributed by atoms with Crippen molar-refractivity contribution in [2.75, 3.05) is 0 Å². The van der Waals surface area contributed by atoms with Crippen LogP contribution in [0.3, 0.4) is 0 Å². The van der Waals surface area contributed by atoms with Gasteiger partial charge in [0.2, 0.25) is 0 Å². The number of nitriles is 1. The molecular formula is C12H7N3O2S. The fraction of sp³-hybridized carbons (Fsp3) is 0. The minimum atomic E-state index is -0.989. The minimum absolute atomic E-state index is 0.197. The van der Waals surface area contributed by atoms with Crippen LogP contribution in [0.5, 0.6) is 0 Å². The SMILES string of the molecule is N#Cc1nccnc1Sc1cccc(C(=O)O)c1. The van der Waals surface area contributed by atoms with Gasteiger partial charge in [-0.3, -0.25) is 0 Å². The molecule has 0 saturated carbocycles. The van der Waals surface area contributed by atoms with Gasteiger partial charge in [0.25, 0.3) is 0 Å². The molecule has 5 nitrogen and oxygen atoms in total. The summed E-state index contributed by atoms with van der Waals surface area (Å²) in [5.41, 5.74) is 0.422. The Morgan fingerprint density at radius 2 is 2.11 bits per heavy atom. The Bertz CT molecular complexity index is 637. The Morgan fingerprint density at radius 3 is 2.83 bits per heavy atom. The number of aromatic nitrogens is 2. The number of nitrogens with zero attached hydrogens (tertiary/aromatic N) is 3. The third kappa shape index (κ3) is 2.64. The smallest absolute Gasteiger partial charge is 0.335 e. The van der Waals surface area contributed by atoms with Gasteiger partial charge in [0, 0.05) is 17.3 Å². The van der Waals surface area contributed by atoms with Gasteiger partial charge in [0.05, 0.1) is 5.56 Å². The molecule has 0 bridgehead atoms. The molecule has 0 unspecified atom stereocenters. The van der Waals surface area contributed by atoms with Gasteiger partial charge >= 0.3 is 5.97 Å². The van der Waals surface area contributed by atoms with Crippen molar-refractivity contribution in [1.82, 2.24) is 9.97 Å². The first-order chi connectivity index (χ1) is 8.70. The van der Waals surface area contributed by atoms with Gasteiger partial charge in [-0.25, -0.2) is 14.8 Å². The highest BCUT2D eigenvalue weighted by atomic mass is 32.2. The van der Waals surface area contributed by atoms with Crippen molar-refractivity contribution < 1.29 is 9.90 Å². The van der Waals surface area contributed by atoms with Gasteiger partial charge in [-0.2, -0.15) is 5.26 Å². The molecule has 0 fully saturated rings. The molecule has 6 heteroatoms. The third-order valence-corrected chi connectivity index (χ3v) is 3.05. The van der Waals surface area contributed by atoms with Crippen LogP contribution in [0.25, 0.3) is 0 Å². The van der Waals surface area contributed by atoms with Crippen LogP contribution in [0.15, 0.2) is 46.6 Å². The first-order valence-corrected chi connectivity index (χ1v) is 5.74. The molecule has 2 aromatic rings. The quantitative estimate of drug-likeness (QED) is 0.906. The summed E-state index contributed by atoms with van der Waals surface area (Å²) in [5.74, 6) is -0.989. The second-order valence-corrected chi connectivity index (χ2v) is 4.32. The molecule has 0 aliphatic carbocycles. The number of benzene rings is 1. The first-order valence-electron chi connectivity index (χ1n) is 4.93. The van der Waals surface area contributed by atoms with Gasteiger partial charge in [-0.15, -0.1) is 0 Å². The van der Waals surface area contributed by atoms with E-state index in [0.29, 0.717) is 9.92 Å². The van der Waals surface area contributed by atoms with Crippen LogP contribution in [0.1, 0.15) is 16.1 Å². The lowest BCUT2D eigenvalue weighted by molar-refractivity contribution is 0.0696. The Morgan fingerprint density at radius 1 is 1.33 bits per heavy atom. The maximum atomic E-state index is 10.8. The summed E-state index contributed by atoms with van der Waals surface area (Å²) in [6, 6.07) is 8.39. The molecule has 0 radical (unpaired) electrons. The van der Waals surface area contributed by atoms with Gasteiger partial charge in [0.15, 0.2) is 5.69 Å². The average molecular weight is 257 g/mol. The molecule has 0 saturated heterocycles. The second kappa shape index (κ2) is 5.29. The van der Waals surface area contributed by atoms with Crippen LogP contribution in [0.4, 0.5) is 0 Å². The zero-order chi connectivity index (χ0) is 13.0. The van der Waals surface area contributed by atoms with E-state index in [9.17, 15) is 4.79 Å². The van der Waals surface area contributed by atoms with Crippen LogP contribution in [0, 0.1) is 11.3 Å². The topological polar surface area (TPSA) is 86.9 Å². The zero-order valence-electron chi connectivity index (χ0n) is 9.07. The molecule has 88 valence electrons. The Labute approximate surface area is 107 Å². The van der Waals surface area contributed by atoms with E-state index < -0.39 is 5.97 Å². The number of rotatable bonds is 3. The highest BCUT2D eigenvalue weighted by Crippen LogP contribution is 2.27. The van der Waals surface area contributed by atoms with E-state index in [1.807, 2.05) is 6.07 Å². The van der Waals surface area contributed by atoms with Gasteiger partial charge in [-0.05, 0) is 18.2 Å². The number of carbonyl (C=O) groups is 1. The van der Waals surface area contributed by atoms with Crippen molar-refractivity contribution in [1.29, 1.82) is 5.26 Å². The number of aromatic carboxylic acids is 1. The highest BCUT2D eigenvalue weighted by Gasteiger charge is 2.08. The Balaban J connectivity index is 2.32. The lowest BCUT2D eigenvalue weighted by Crippen LogP contribution is -1.95. The predicted molar refractivity (Wildman–Crippen MR) is 64.3 cm³/mol. The summed E-state index contributed by atoms with van der Waals surface area (Å²) < 4.78 is 0. The van der Waals surface area contributed by atoms with E-state index in [1.165, 1.54) is 36.3 Å². The molecule has 0 aliphatic rings. The molecule has 1 N–H and O–H groups in total. The molecule has 0 amide bonds. The van der Waals surface area contributed by atoms with Crippen LogP contribution < -0.4 is 0 Å². The van der Waals surface area contributed by atoms with E-state index in [-0.39, 0.29) is 11.3 Å². The Kier molecular flexibility index (Phi) is 3.55. The third-order valence-electron chi connectivity index (χ3n) is 2.07. The molecule has 1 aromatic heterocycles. The van der Waals surface area contributed by atoms with Crippen molar-refractivity contribution in [2.24, 2.45) is 0 Å². The first kappa shape index (κ1) is 12.1. The maximum Gasteiger partial charge on any atom is 0.335 e. The van der Waals surface area contributed by atoms with Crippen LogP contribution >= 0.6 is 11.8 Å². The second-order valence-electron chi connectivity index (χ2n) is 3.26. The normalized spacial score (nSPS) is 9.72. The average Bonchev–Trinajstić information content (AvgIpc) is 2.39. The van der Waals surface area contributed by atoms with E-state index >= 15 is 0 Å².